The second-order valence-corrected chi connectivity index (χ2v) is 5.41. The summed E-state index contributed by atoms with van der Waals surface area (Å²) < 4.78 is 5.83. The number of anilines is 1. The third-order valence-electron chi connectivity index (χ3n) is 3.32. The molecule has 0 radical (unpaired) electrons. The fraction of sp³-hybridized carbons (Fsp3) is 0.533. The van der Waals surface area contributed by atoms with E-state index in [9.17, 15) is 0 Å². The maximum Gasteiger partial charge on any atom is 0.142 e. The van der Waals surface area contributed by atoms with Gasteiger partial charge in [0.2, 0.25) is 0 Å². The molecule has 96 valence electrons. The number of nitrogens with zero attached hydrogens (tertiary/aromatic N) is 1. The number of aryl methyl sites for hydroxylation is 1. The van der Waals surface area contributed by atoms with E-state index >= 15 is 0 Å². The molecule has 3 heteroatoms. The number of nitrogens with one attached hydrogen (secondary N) is 1. The first-order chi connectivity index (χ1) is 8.62. The smallest absolute Gasteiger partial charge is 0.142 e. The lowest BCUT2D eigenvalue weighted by Crippen LogP contribution is -2.16. The van der Waals surface area contributed by atoms with Crippen LogP contribution in [0.1, 0.15) is 32.3 Å². The average Bonchev–Trinajstić information content (AvgIpc) is 2.39. The van der Waals surface area contributed by atoms with E-state index in [1.165, 1.54) is 12.0 Å². The number of nitriles is 1. The van der Waals surface area contributed by atoms with Crippen molar-refractivity contribution in [3.63, 3.8) is 0 Å². The first-order valence-electron chi connectivity index (χ1n) is 6.52. The molecule has 0 unspecified atom stereocenters. The van der Waals surface area contributed by atoms with Crippen molar-refractivity contribution in [1.82, 2.24) is 0 Å². The molecule has 0 aromatic heterocycles. The van der Waals surface area contributed by atoms with Crippen molar-refractivity contribution in [2.24, 2.45) is 5.41 Å². The van der Waals surface area contributed by atoms with Crippen LogP contribution in [0.4, 0.5) is 5.69 Å². The molecule has 0 saturated heterocycles. The lowest BCUT2D eigenvalue weighted by atomic mass is 9.92. The van der Waals surface area contributed by atoms with Crippen LogP contribution in [0.3, 0.4) is 0 Å². The zero-order valence-corrected chi connectivity index (χ0v) is 11.1. The molecule has 18 heavy (non-hydrogen) atoms. The topological polar surface area (TPSA) is 45.0 Å². The van der Waals surface area contributed by atoms with Crippen LogP contribution in [0.25, 0.3) is 0 Å². The molecular weight excluding hydrogens is 224 g/mol. The van der Waals surface area contributed by atoms with Crippen LogP contribution in [0.15, 0.2) is 18.2 Å². The molecule has 1 aromatic carbocycles. The van der Waals surface area contributed by atoms with Gasteiger partial charge >= 0.3 is 0 Å². The Labute approximate surface area is 109 Å². The third-order valence-corrected chi connectivity index (χ3v) is 3.32. The highest BCUT2D eigenvalue weighted by Gasteiger charge is 2.18. The van der Waals surface area contributed by atoms with Gasteiger partial charge in [0, 0.05) is 6.54 Å². The summed E-state index contributed by atoms with van der Waals surface area (Å²) in [5, 5.41) is 12.4. The predicted molar refractivity (Wildman–Crippen MR) is 72.8 cm³/mol. The van der Waals surface area contributed by atoms with Crippen LogP contribution in [0.2, 0.25) is 0 Å². The minimum atomic E-state index is -0.317. The van der Waals surface area contributed by atoms with Crippen molar-refractivity contribution < 1.29 is 4.74 Å². The van der Waals surface area contributed by atoms with E-state index in [-0.39, 0.29) is 5.41 Å². The number of fused-ring (bicyclic) bond motifs is 1. The molecule has 1 heterocycles. The number of hydrogen-bond donors (Lipinski definition) is 1. The van der Waals surface area contributed by atoms with Crippen molar-refractivity contribution in [2.75, 3.05) is 18.5 Å². The van der Waals surface area contributed by atoms with Crippen molar-refractivity contribution >= 4 is 5.69 Å². The van der Waals surface area contributed by atoms with Gasteiger partial charge in [-0.05, 0) is 44.7 Å². The molecule has 0 amide bonds. The third kappa shape index (κ3) is 2.95. The van der Waals surface area contributed by atoms with Crippen molar-refractivity contribution in [2.45, 2.75) is 33.1 Å². The molecule has 0 saturated carbocycles. The minimum absolute atomic E-state index is 0.317. The van der Waals surface area contributed by atoms with E-state index in [0.29, 0.717) is 6.61 Å². The first kappa shape index (κ1) is 12.8. The summed E-state index contributed by atoms with van der Waals surface area (Å²) in [4.78, 5) is 0. The number of hydrogen-bond acceptors (Lipinski definition) is 3. The molecular formula is C15H20N2O. The van der Waals surface area contributed by atoms with Crippen LogP contribution >= 0.6 is 0 Å². The van der Waals surface area contributed by atoms with Crippen LogP contribution in [-0.4, -0.2) is 13.2 Å². The highest BCUT2D eigenvalue weighted by molar-refractivity contribution is 5.63. The largest absolute Gasteiger partial charge is 0.491 e. The molecule has 3 nitrogen and oxygen atoms in total. The second-order valence-electron chi connectivity index (χ2n) is 5.41. The quantitative estimate of drug-likeness (QED) is 0.883. The zero-order valence-electron chi connectivity index (χ0n) is 11.1. The second kappa shape index (κ2) is 5.30. The van der Waals surface area contributed by atoms with Crippen LogP contribution < -0.4 is 10.1 Å². The van der Waals surface area contributed by atoms with Crippen molar-refractivity contribution in [1.29, 1.82) is 5.26 Å². The van der Waals surface area contributed by atoms with E-state index in [0.717, 1.165) is 30.8 Å². The first-order valence-corrected chi connectivity index (χ1v) is 6.52. The van der Waals surface area contributed by atoms with Gasteiger partial charge in [0.25, 0.3) is 0 Å². The number of benzene rings is 1. The van der Waals surface area contributed by atoms with Crippen molar-refractivity contribution in [3.05, 3.63) is 23.8 Å². The van der Waals surface area contributed by atoms with Crippen LogP contribution in [0.5, 0.6) is 5.75 Å². The molecule has 1 aliphatic rings. The van der Waals surface area contributed by atoms with Gasteiger partial charge in [-0.2, -0.15) is 5.26 Å². The van der Waals surface area contributed by atoms with E-state index in [1.54, 1.807) is 0 Å². The summed E-state index contributed by atoms with van der Waals surface area (Å²) in [5.41, 5.74) is 2.15. The van der Waals surface area contributed by atoms with Gasteiger partial charge in [0.1, 0.15) is 5.75 Å². The summed E-state index contributed by atoms with van der Waals surface area (Å²) in [6.45, 7) is 5.47. The van der Waals surface area contributed by atoms with E-state index in [4.69, 9.17) is 10.00 Å². The van der Waals surface area contributed by atoms with Gasteiger partial charge in [0.05, 0.1) is 23.8 Å². The molecule has 0 bridgehead atoms. The summed E-state index contributed by atoms with van der Waals surface area (Å²) in [6, 6.07) is 8.48. The molecule has 2 rings (SSSR count). The van der Waals surface area contributed by atoms with Gasteiger partial charge in [-0.25, -0.2) is 0 Å². The number of ether oxygens (including phenoxy) is 1. The van der Waals surface area contributed by atoms with Crippen LogP contribution in [0, 0.1) is 16.7 Å². The number of para-hydroxylation sites is 1. The monoisotopic (exact) mass is 244 g/mol. The van der Waals surface area contributed by atoms with Crippen LogP contribution in [-0.2, 0) is 6.42 Å². The lowest BCUT2D eigenvalue weighted by Gasteiger charge is -2.22. The van der Waals surface area contributed by atoms with Crippen molar-refractivity contribution in [3.8, 4) is 11.8 Å². The van der Waals surface area contributed by atoms with E-state index < -0.39 is 0 Å². The normalized spacial score (nSPS) is 14.3. The highest BCUT2D eigenvalue weighted by atomic mass is 16.5. The Kier molecular flexibility index (Phi) is 3.76. The van der Waals surface area contributed by atoms with Gasteiger partial charge in [-0.15, -0.1) is 0 Å². The number of rotatable bonds is 4. The van der Waals surface area contributed by atoms with Gasteiger partial charge in [0.15, 0.2) is 0 Å². The fourth-order valence-corrected chi connectivity index (χ4v) is 2.07. The molecule has 1 aromatic rings. The molecule has 0 fully saturated rings. The Bertz CT molecular complexity index is 460. The van der Waals surface area contributed by atoms with Gasteiger partial charge < -0.3 is 10.1 Å². The Morgan fingerprint density at radius 2 is 2.28 bits per heavy atom. The molecule has 1 aliphatic heterocycles. The summed E-state index contributed by atoms with van der Waals surface area (Å²) in [6.07, 6.45) is 3.04. The molecule has 0 spiro atoms. The van der Waals surface area contributed by atoms with Gasteiger partial charge in [-0.3, -0.25) is 0 Å². The van der Waals surface area contributed by atoms with Gasteiger partial charge in [-0.1, -0.05) is 12.1 Å². The molecule has 1 N–H and O–H groups in total. The average molecular weight is 244 g/mol. The van der Waals surface area contributed by atoms with E-state index in [1.807, 2.05) is 26.0 Å². The maximum absolute atomic E-state index is 8.97. The molecule has 0 atom stereocenters. The summed E-state index contributed by atoms with van der Waals surface area (Å²) >= 11 is 0. The summed E-state index contributed by atoms with van der Waals surface area (Å²) in [5.74, 6) is 0.918. The standard InChI is InChI=1S/C15H20N2O/c1-15(2,11-16)8-10-18-13-7-3-5-12-6-4-9-17-14(12)13/h3,5,7,17H,4,6,8-10H2,1-2H3. The zero-order chi connectivity index (χ0) is 13.0. The summed E-state index contributed by atoms with van der Waals surface area (Å²) in [7, 11) is 0. The minimum Gasteiger partial charge on any atom is -0.491 e. The SMILES string of the molecule is CC(C)(C#N)CCOc1cccc2c1NCCC2. The molecule has 0 aliphatic carbocycles. The Morgan fingerprint density at radius 1 is 1.44 bits per heavy atom. The highest BCUT2D eigenvalue weighted by Crippen LogP contribution is 2.32. The maximum atomic E-state index is 8.97. The van der Waals surface area contributed by atoms with E-state index in [2.05, 4.69) is 17.5 Å². The Hall–Kier alpha value is -1.69. The Morgan fingerprint density at radius 3 is 3.06 bits per heavy atom. The fourth-order valence-electron chi connectivity index (χ4n) is 2.07. The Balaban J connectivity index is 2.00. The lowest BCUT2D eigenvalue weighted by molar-refractivity contribution is 0.265. The predicted octanol–water partition coefficient (Wildman–Crippen LogP) is 3.36.